The van der Waals surface area contributed by atoms with Gasteiger partial charge in [-0.3, -0.25) is 9.36 Å². The summed E-state index contributed by atoms with van der Waals surface area (Å²) in [6.07, 6.45) is 49.8. The molecule has 3 atom stereocenters. The van der Waals surface area contributed by atoms with Gasteiger partial charge in [0.1, 0.15) is 13.2 Å². The van der Waals surface area contributed by atoms with Gasteiger partial charge in [0.15, 0.2) is 0 Å². The fraction of sp³-hybridized carbons (Fsp3) is 0.980. The predicted molar refractivity (Wildman–Crippen MR) is 256 cm³/mol. The Bertz CT molecular complexity index is 947. The maximum Gasteiger partial charge on any atom is 0.268 e. The SMILES string of the molecule is CCCCCCCCCCCCCCCCCCCCCCCCCCCC(=O)NC(COP(=O)([O-])OCC[N+](C)(C)C)C(O)CCCCCCCCCCCCCCC. The number of amides is 1. The molecule has 0 rings (SSSR count). The van der Waals surface area contributed by atoms with E-state index >= 15 is 0 Å². The summed E-state index contributed by atoms with van der Waals surface area (Å²) in [5.74, 6) is -0.159. The molecule has 0 bridgehead atoms. The fourth-order valence-corrected chi connectivity index (χ4v) is 8.88. The maximum atomic E-state index is 12.9. The van der Waals surface area contributed by atoms with Crippen molar-refractivity contribution in [2.24, 2.45) is 0 Å². The summed E-state index contributed by atoms with van der Waals surface area (Å²) in [5, 5.41) is 14.0. The quantitative estimate of drug-likeness (QED) is 0.0358. The van der Waals surface area contributed by atoms with Crippen molar-refractivity contribution in [3.8, 4) is 0 Å². The van der Waals surface area contributed by atoms with E-state index in [9.17, 15) is 19.4 Å². The van der Waals surface area contributed by atoms with E-state index in [1.54, 1.807) is 0 Å². The minimum atomic E-state index is -4.56. The molecule has 3 unspecified atom stereocenters. The van der Waals surface area contributed by atoms with Gasteiger partial charge < -0.3 is 28.8 Å². The number of hydrogen-bond acceptors (Lipinski definition) is 6. The Kier molecular flexibility index (Phi) is 43.4. The Balaban J connectivity index is 4.09. The van der Waals surface area contributed by atoms with E-state index < -0.39 is 20.0 Å². The minimum Gasteiger partial charge on any atom is -0.756 e. The van der Waals surface area contributed by atoms with Gasteiger partial charge in [0.25, 0.3) is 7.82 Å². The van der Waals surface area contributed by atoms with Crippen LogP contribution in [0.25, 0.3) is 0 Å². The summed E-state index contributed by atoms with van der Waals surface area (Å²) in [6.45, 7) is 4.76. The van der Waals surface area contributed by atoms with E-state index in [1.165, 1.54) is 205 Å². The molecule has 0 fully saturated rings. The lowest BCUT2D eigenvalue weighted by molar-refractivity contribution is -0.870. The van der Waals surface area contributed by atoms with Gasteiger partial charge in [-0.05, 0) is 12.8 Å². The zero-order chi connectivity index (χ0) is 44.3. The van der Waals surface area contributed by atoms with Gasteiger partial charge >= 0.3 is 0 Å². The van der Waals surface area contributed by atoms with Crippen LogP contribution in [0.5, 0.6) is 0 Å². The number of carbonyl (C=O) groups excluding carboxylic acids is 1. The third-order valence-electron chi connectivity index (χ3n) is 12.3. The highest BCUT2D eigenvalue weighted by Gasteiger charge is 2.24. The number of phosphoric ester groups is 1. The van der Waals surface area contributed by atoms with Crippen LogP contribution < -0.4 is 10.2 Å². The second-order valence-electron chi connectivity index (χ2n) is 19.6. The average molecular weight is 873 g/mol. The van der Waals surface area contributed by atoms with Gasteiger partial charge in [0, 0.05) is 6.42 Å². The van der Waals surface area contributed by atoms with E-state index in [0.29, 0.717) is 23.9 Å². The average Bonchev–Trinajstić information content (AvgIpc) is 3.20. The number of rotatable bonds is 49. The molecule has 9 heteroatoms. The summed E-state index contributed by atoms with van der Waals surface area (Å²) in [6, 6.07) is -0.793. The number of carbonyl (C=O) groups is 1. The lowest BCUT2D eigenvalue weighted by atomic mass is 10.0. The Labute approximate surface area is 374 Å². The van der Waals surface area contributed by atoms with Crippen LogP contribution in [0.4, 0.5) is 0 Å². The fourth-order valence-electron chi connectivity index (χ4n) is 8.16. The summed E-state index contributed by atoms with van der Waals surface area (Å²) in [7, 11) is 1.32. The van der Waals surface area contributed by atoms with Gasteiger partial charge in [-0.15, -0.1) is 0 Å². The number of nitrogens with zero attached hydrogens (tertiary/aromatic N) is 1. The molecule has 8 nitrogen and oxygen atoms in total. The minimum absolute atomic E-state index is 0.0163. The number of likely N-dealkylation sites (N-methyl/N-ethyl adjacent to an activating group) is 1. The molecule has 0 aromatic rings. The van der Waals surface area contributed by atoms with E-state index in [0.717, 1.165) is 38.5 Å². The summed E-state index contributed by atoms with van der Waals surface area (Å²) < 4.78 is 23.3. The van der Waals surface area contributed by atoms with Crippen molar-refractivity contribution in [3.05, 3.63) is 0 Å². The molecule has 360 valence electrons. The largest absolute Gasteiger partial charge is 0.756 e. The van der Waals surface area contributed by atoms with Gasteiger partial charge in [0.05, 0.1) is 39.9 Å². The molecule has 0 aromatic carbocycles. The van der Waals surface area contributed by atoms with Crippen molar-refractivity contribution in [3.63, 3.8) is 0 Å². The molecule has 2 N–H and O–H groups in total. The lowest BCUT2D eigenvalue weighted by Gasteiger charge is -2.30. The van der Waals surface area contributed by atoms with E-state index in [-0.39, 0.29) is 19.1 Å². The maximum absolute atomic E-state index is 12.9. The molecular weight excluding hydrogens is 768 g/mol. The molecule has 0 saturated carbocycles. The number of unbranched alkanes of at least 4 members (excludes halogenated alkanes) is 36. The second kappa shape index (κ2) is 43.7. The van der Waals surface area contributed by atoms with Crippen LogP contribution in [0.3, 0.4) is 0 Å². The van der Waals surface area contributed by atoms with Crippen molar-refractivity contribution < 1.29 is 32.9 Å². The molecule has 0 aliphatic heterocycles. The number of hydrogen-bond donors (Lipinski definition) is 2. The monoisotopic (exact) mass is 873 g/mol. The number of aliphatic hydroxyl groups is 1. The van der Waals surface area contributed by atoms with Crippen molar-refractivity contribution in [2.45, 2.75) is 283 Å². The topological polar surface area (TPSA) is 108 Å². The predicted octanol–water partition coefficient (Wildman–Crippen LogP) is 14.7. The highest BCUT2D eigenvalue weighted by molar-refractivity contribution is 7.45. The van der Waals surface area contributed by atoms with Crippen LogP contribution in [-0.2, 0) is 18.4 Å². The Hall–Kier alpha value is -0.500. The van der Waals surface area contributed by atoms with Crippen LogP contribution in [0.15, 0.2) is 0 Å². The first-order chi connectivity index (χ1) is 29.0. The van der Waals surface area contributed by atoms with Gasteiger partial charge in [-0.1, -0.05) is 251 Å². The molecule has 0 spiro atoms. The Morgan fingerprint density at radius 3 is 1.13 bits per heavy atom. The first-order valence-corrected chi connectivity index (χ1v) is 27.8. The Morgan fingerprint density at radius 2 is 0.817 bits per heavy atom. The molecule has 0 aromatic heterocycles. The zero-order valence-electron chi connectivity index (χ0n) is 40.9. The van der Waals surface area contributed by atoms with E-state index in [2.05, 4.69) is 19.2 Å². The standard InChI is InChI=1S/C51H105N2O6P/c1-6-8-10-12-14-16-18-20-21-22-23-24-25-26-27-28-29-30-31-33-35-37-39-41-43-45-51(55)52-49(48-59-60(56,57)58-47-46-53(3,4)5)50(54)44-42-40-38-36-34-32-19-17-15-13-11-9-7-2/h49-50,54H,6-48H2,1-5H3,(H-,52,55,56,57). The molecule has 1 amide bonds. The molecule has 0 heterocycles. The number of nitrogens with one attached hydrogen (secondary N) is 1. The van der Waals surface area contributed by atoms with Crippen molar-refractivity contribution in [2.75, 3.05) is 40.9 Å². The molecular formula is C51H105N2O6P. The highest BCUT2D eigenvalue weighted by Crippen LogP contribution is 2.38. The van der Waals surface area contributed by atoms with Gasteiger partial charge in [-0.2, -0.15) is 0 Å². The van der Waals surface area contributed by atoms with E-state index in [1.807, 2.05) is 21.1 Å². The molecule has 0 saturated heterocycles. The number of phosphoric acid groups is 1. The third-order valence-corrected chi connectivity index (χ3v) is 13.3. The van der Waals surface area contributed by atoms with E-state index in [4.69, 9.17) is 9.05 Å². The Morgan fingerprint density at radius 1 is 0.517 bits per heavy atom. The summed E-state index contributed by atoms with van der Waals surface area (Å²) in [5.41, 5.74) is 0. The lowest BCUT2D eigenvalue weighted by Crippen LogP contribution is -2.46. The van der Waals surface area contributed by atoms with Crippen molar-refractivity contribution >= 4 is 13.7 Å². The summed E-state index contributed by atoms with van der Waals surface area (Å²) >= 11 is 0. The molecule has 0 aliphatic carbocycles. The summed E-state index contributed by atoms with van der Waals surface area (Å²) in [4.78, 5) is 25.4. The zero-order valence-corrected chi connectivity index (χ0v) is 41.8. The molecule has 0 radical (unpaired) electrons. The van der Waals surface area contributed by atoms with Gasteiger partial charge in [0.2, 0.25) is 5.91 Å². The number of quaternary nitrogens is 1. The number of aliphatic hydroxyl groups excluding tert-OH is 1. The first-order valence-electron chi connectivity index (χ1n) is 26.4. The van der Waals surface area contributed by atoms with Gasteiger partial charge in [-0.25, -0.2) is 0 Å². The van der Waals surface area contributed by atoms with Crippen LogP contribution in [-0.4, -0.2) is 68.5 Å². The third kappa shape index (κ3) is 45.5. The smallest absolute Gasteiger partial charge is 0.268 e. The van der Waals surface area contributed by atoms with Crippen LogP contribution >= 0.6 is 7.82 Å². The van der Waals surface area contributed by atoms with Crippen LogP contribution in [0.2, 0.25) is 0 Å². The highest BCUT2D eigenvalue weighted by atomic mass is 31.2. The normalized spacial score (nSPS) is 14.1. The van der Waals surface area contributed by atoms with Crippen LogP contribution in [0, 0.1) is 0 Å². The second-order valence-corrected chi connectivity index (χ2v) is 21.0. The molecule has 60 heavy (non-hydrogen) atoms. The first kappa shape index (κ1) is 59.5. The van der Waals surface area contributed by atoms with Crippen molar-refractivity contribution in [1.82, 2.24) is 5.32 Å². The molecule has 0 aliphatic rings. The van der Waals surface area contributed by atoms with Crippen LogP contribution in [0.1, 0.15) is 271 Å². The van der Waals surface area contributed by atoms with Crippen molar-refractivity contribution in [1.29, 1.82) is 0 Å².